The van der Waals surface area contributed by atoms with Crippen LogP contribution in [0.15, 0.2) is 0 Å². The van der Waals surface area contributed by atoms with Crippen molar-refractivity contribution in [3.8, 4) is 0 Å². The number of nitrogens with one attached hydrogen (secondary N) is 1. The van der Waals surface area contributed by atoms with Gasteiger partial charge >= 0.3 is 0 Å². The van der Waals surface area contributed by atoms with Crippen LogP contribution in [-0.2, 0) is 10.0 Å². The Bertz CT molecular complexity index is 303. The Morgan fingerprint density at radius 2 is 2.25 bits per heavy atom. The van der Waals surface area contributed by atoms with Crippen molar-refractivity contribution in [2.45, 2.75) is 25.9 Å². The Morgan fingerprint density at radius 1 is 1.56 bits per heavy atom. The lowest BCUT2D eigenvalue weighted by atomic mass is 10.0. The van der Waals surface area contributed by atoms with E-state index in [4.69, 9.17) is 0 Å². The third-order valence-corrected chi connectivity index (χ3v) is 4.64. The molecule has 2 N–H and O–H groups in total. The van der Waals surface area contributed by atoms with Crippen LogP contribution < -0.4 is 4.72 Å². The monoisotopic (exact) mass is 250 g/mol. The molecule has 2 atom stereocenters. The number of likely N-dealkylation sites (tertiary alicyclic amines) is 1. The standard InChI is InChI=1S/C10H22N2O3S/c1-9(13)10-4-6-12(8-10)5-3-7-16(14,15)11-2/h9-11,13H,3-8H2,1-2H3. The summed E-state index contributed by atoms with van der Waals surface area (Å²) in [7, 11) is -1.63. The van der Waals surface area contributed by atoms with Crippen molar-refractivity contribution >= 4 is 10.0 Å². The van der Waals surface area contributed by atoms with Gasteiger partial charge in [-0.25, -0.2) is 13.1 Å². The van der Waals surface area contributed by atoms with Gasteiger partial charge in [-0.05, 0) is 45.8 Å². The molecule has 1 rings (SSSR count). The van der Waals surface area contributed by atoms with E-state index in [0.717, 1.165) is 26.1 Å². The van der Waals surface area contributed by atoms with Crippen molar-refractivity contribution in [1.29, 1.82) is 0 Å². The Hall–Kier alpha value is -0.170. The topological polar surface area (TPSA) is 69.6 Å². The molecule has 0 aromatic carbocycles. The fourth-order valence-corrected chi connectivity index (χ4v) is 2.75. The first kappa shape index (κ1) is 13.9. The van der Waals surface area contributed by atoms with Crippen molar-refractivity contribution in [1.82, 2.24) is 9.62 Å². The van der Waals surface area contributed by atoms with E-state index in [-0.39, 0.29) is 11.9 Å². The van der Waals surface area contributed by atoms with E-state index in [1.165, 1.54) is 7.05 Å². The molecule has 1 fully saturated rings. The number of aliphatic hydroxyl groups excluding tert-OH is 1. The lowest BCUT2D eigenvalue weighted by molar-refractivity contribution is 0.128. The van der Waals surface area contributed by atoms with Gasteiger partial charge in [-0.15, -0.1) is 0 Å². The molecule has 2 unspecified atom stereocenters. The predicted octanol–water partition coefficient (Wildman–Crippen LogP) is -0.372. The minimum atomic E-state index is -3.07. The number of sulfonamides is 1. The molecule has 6 heteroatoms. The maximum atomic E-state index is 11.2. The van der Waals surface area contributed by atoms with E-state index in [2.05, 4.69) is 9.62 Å². The van der Waals surface area contributed by atoms with Gasteiger partial charge in [-0.2, -0.15) is 0 Å². The molecule has 0 amide bonds. The summed E-state index contributed by atoms with van der Waals surface area (Å²) in [5.74, 6) is 0.528. The molecule has 0 aromatic heterocycles. The summed E-state index contributed by atoms with van der Waals surface area (Å²) in [4.78, 5) is 2.22. The van der Waals surface area contributed by atoms with Gasteiger partial charge in [0.2, 0.25) is 10.0 Å². The van der Waals surface area contributed by atoms with E-state index in [1.54, 1.807) is 0 Å². The minimum absolute atomic E-state index is 0.180. The smallest absolute Gasteiger partial charge is 0.211 e. The van der Waals surface area contributed by atoms with E-state index in [1.807, 2.05) is 6.92 Å². The molecule has 0 spiro atoms. The highest BCUT2D eigenvalue weighted by Crippen LogP contribution is 2.19. The van der Waals surface area contributed by atoms with Crippen LogP contribution >= 0.6 is 0 Å². The average molecular weight is 250 g/mol. The summed E-state index contributed by atoms with van der Waals surface area (Å²) < 4.78 is 24.7. The summed E-state index contributed by atoms with van der Waals surface area (Å²) in [6.45, 7) is 4.47. The van der Waals surface area contributed by atoms with E-state index >= 15 is 0 Å². The maximum absolute atomic E-state index is 11.2. The van der Waals surface area contributed by atoms with Gasteiger partial charge in [0, 0.05) is 6.54 Å². The Morgan fingerprint density at radius 3 is 2.75 bits per heavy atom. The van der Waals surface area contributed by atoms with Crippen LogP contribution in [-0.4, -0.2) is 57.0 Å². The fraction of sp³-hybridized carbons (Fsp3) is 1.00. The van der Waals surface area contributed by atoms with E-state index in [0.29, 0.717) is 12.3 Å². The van der Waals surface area contributed by atoms with Crippen LogP contribution in [0, 0.1) is 5.92 Å². The number of nitrogens with zero attached hydrogens (tertiary/aromatic N) is 1. The van der Waals surface area contributed by atoms with Crippen molar-refractivity contribution < 1.29 is 13.5 Å². The van der Waals surface area contributed by atoms with E-state index in [9.17, 15) is 13.5 Å². The Labute approximate surface area is 97.9 Å². The van der Waals surface area contributed by atoms with Gasteiger partial charge in [0.05, 0.1) is 11.9 Å². The minimum Gasteiger partial charge on any atom is -0.393 e. The molecule has 0 saturated carbocycles. The molecule has 0 radical (unpaired) electrons. The van der Waals surface area contributed by atoms with Crippen molar-refractivity contribution in [2.75, 3.05) is 32.4 Å². The summed E-state index contributed by atoms with van der Waals surface area (Å²) in [5, 5.41) is 9.43. The predicted molar refractivity (Wildman–Crippen MR) is 63.7 cm³/mol. The normalized spacial score (nSPS) is 24.8. The molecular weight excluding hydrogens is 228 g/mol. The van der Waals surface area contributed by atoms with Gasteiger partial charge in [-0.3, -0.25) is 0 Å². The summed E-state index contributed by atoms with van der Waals surface area (Å²) >= 11 is 0. The summed E-state index contributed by atoms with van der Waals surface area (Å²) in [6, 6.07) is 0. The van der Waals surface area contributed by atoms with Crippen LogP contribution in [0.2, 0.25) is 0 Å². The molecule has 1 heterocycles. The average Bonchev–Trinajstić information content (AvgIpc) is 2.66. The maximum Gasteiger partial charge on any atom is 0.211 e. The quantitative estimate of drug-likeness (QED) is 0.675. The molecular formula is C10H22N2O3S. The first-order chi connectivity index (χ1) is 7.44. The van der Waals surface area contributed by atoms with Crippen LogP contribution in [0.4, 0.5) is 0 Å². The Kier molecular flexibility index (Phi) is 5.17. The van der Waals surface area contributed by atoms with Crippen molar-refractivity contribution in [3.05, 3.63) is 0 Å². The lowest BCUT2D eigenvalue weighted by Crippen LogP contribution is -2.28. The highest BCUT2D eigenvalue weighted by atomic mass is 32.2. The van der Waals surface area contributed by atoms with Crippen molar-refractivity contribution in [3.63, 3.8) is 0 Å². The number of rotatable bonds is 6. The zero-order chi connectivity index (χ0) is 12.2. The number of hydrogen-bond donors (Lipinski definition) is 2. The lowest BCUT2D eigenvalue weighted by Gasteiger charge is -2.17. The van der Waals surface area contributed by atoms with Crippen LogP contribution in [0.1, 0.15) is 19.8 Å². The number of aliphatic hydroxyl groups is 1. The second-order valence-corrected chi connectivity index (χ2v) is 6.51. The van der Waals surface area contributed by atoms with E-state index < -0.39 is 10.0 Å². The molecule has 0 bridgehead atoms. The summed E-state index contributed by atoms with van der Waals surface area (Å²) in [6.07, 6.45) is 1.40. The van der Waals surface area contributed by atoms with Crippen LogP contribution in [0.5, 0.6) is 0 Å². The molecule has 1 aliphatic heterocycles. The van der Waals surface area contributed by atoms with Gasteiger partial charge in [-0.1, -0.05) is 0 Å². The fourth-order valence-electron chi connectivity index (χ4n) is 2.04. The second kappa shape index (κ2) is 5.95. The zero-order valence-electron chi connectivity index (χ0n) is 10.0. The van der Waals surface area contributed by atoms with Gasteiger partial charge in [0.1, 0.15) is 0 Å². The second-order valence-electron chi connectivity index (χ2n) is 4.47. The molecule has 0 aromatic rings. The highest BCUT2D eigenvalue weighted by molar-refractivity contribution is 7.89. The van der Waals surface area contributed by atoms with Crippen LogP contribution in [0.25, 0.3) is 0 Å². The molecule has 1 aliphatic rings. The Balaban J connectivity index is 2.21. The third kappa shape index (κ3) is 4.37. The summed E-state index contributed by atoms with van der Waals surface area (Å²) in [5.41, 5.74) is 0. The molecule has 16 heavy (non-hydrogen) atoms. The largest absolute Gasteiger partial charge is 0.393 e. The van der Waals surface area contributed by atoms with Crippen molar-refractivity contribution in [2.24, 2.45) is 5.92 Å². The number of hydrogen-bond acceptors (Lipinski definition) is 4. The van der Waals surface area contributed by atoms with Gasteiger partial charge < -0.3 is 10.0 Å². The molecule has 0 aliphatic carbocycles. The molecule has 96 valence electrons. The molecule has 5 nitrogen and oxygen atoms in total. The highest BCUT2D eigenvalue weighted by Gasteiger charge is 2.25. The first-order valence-corrected chi connectivity index (χ1v) is 7.41. The first-order valence-electron chi connectivity index (χ1n) is 5.76. The molecule has 1 saturated heterocycles. The third-order valence-electron chi connectivity index (χ3n) is 3.19. The SMILES string of the molecule is CNS(=O)(=O)CCCN1CCC(C(C)O)C1. The van der Waals surface area contributed by atoms with Gasteiger partial charge in [0.25, 0.3) is 0 Å². The van der Waals surface area contributed by atoms with Crippen LogP contribution in [0.3, 0.4) is 0 Å². The van der Waals surface area contributed by atoms with Gasteiger partial charge in [0.15, 0.2) is 0 Å². The zero-order valence-corrected chi connectivity index (χ0v) is 10.8.